The zero-order valence-corrected chi connectivity index (χ0v) is 20.0. The number of amides is 3. The minimum absolute atomic E-state index is 0.0908. The van der Waals surface area contributed by atoms with Gasteiger partial charge in [0, 0.05) is 24.3 Å². The summed E-state index contributed by atoms with van der Waals surface area (Å²) in [5.74, 6) is -1.71. The first-order valence-electron chi connectivity index (χ1n) is 11.4. The Morgan fingerprint density at radius 3 is 2.13 bits per heavy atom. The molecule has 0 radical (unpaired) electrons. The normalized spacial score (nSPS) is 11.9. The number of nitrogens with one attached hydrogen (secondary N) is 4. The van der Waals surface area contributed by atoms with Crippen molar-refractivity contribution in [3.63, 3.8) is 0 Å². The highest BCUT2D eigenvalue weighted by molar-refractivity contribution is 5.98. The van der Waals surface area contributed by atoms with Crippen molar-refractivity contribution in [1.82, 2.24) is 16.1 Å². The number of carbonyl (C=O) groups is 3. The van der Waals surface area contributed by atoms with Crippen molar-refractivity contribution in [3.8, 4) is 11.1 Å². The molecule has 0 aliphatic heterocycles. The molecule has 0 heterocycles. The fraction of sp³-hybridized carbons (Fsp3) is 0.192. The van der Waals surface area contributed by atoms with E-state index in [0.717, 1.165) is 23.3 Å². The molecule has 0 bridgehead atoms. The first-order chi connectivity index (χ1) is 18.1. The van der Waals surface area contributed by atoms with Gasteiger partial charge in [0.2, 0.25) is 5.91 Å². The van der Waals surface area contributed by atoms with Crippen molar-refractivity contribution < 1.29 is 32.8 Å². The Labute approximate surface area is 216 Å². The van der Waals surface area contributed by atoms with Crippen LogP contribution in [-0.4, -0.2) is 42.1 Å². The average Bonchev–Trinajstić information content (AvgIpc) is 2.91. The van der Waals surface area contributed by atoms with Gasteiger partial charge in [0.25, 0.3) is 11.8 Å². The van der Waals surface area contributed by atoms with Crippen LogP contribution in [0.4, 0.5) is 18.9 Å². The van der Waals surface area contributed by atoms with E-state index in [9.17, 15) is 27.6 Å². The van der Waals surface area contributed by atoms with Crippen LogP contribution in [0, 0.1) is 0 Å². The van der Waals surface area contributed by atoms with Gasteiger partial charge >= 0.3 is 6.18 Å². The number of rotatable bonds is 10. The quantitative estimate of drug-likeness (QED) is 0.176. The van der Waals surface area contributed by atoms with Crippen molar-refractivity contribution in [3.05, 3.63) is 89.5 Å². The Morgan fingerprint density at radius 2 is 1.55 bits per heavy atom. The molecule has 0 fully saturated rings. The van der Waals surface area contributed by atoms with Gasteiger partial charge in [-0.3, -0.25) is 19.6 Å². The smallest absolute Gasteiger partial charge is 0.339 e. The van der Waals surface area contributed by atoms with Gasteiger partial charge in [-0.15, -0.1) is 0 Å². The summed E-state index contributed by atoms with van der Waals surface area (Å²) in [5, 5.41) is 16.7. The number of benzene rings is 3. The average molecular weight is 530 g/mol. The number of hydroxylamine groups is 1. The van der Waals surface area contributed by atoms with E-state index in [1.165, 1.54) is 11.5 Å². The van der Waals surface area contributed by atoms with E-state index in [1.807, 2.05) is 0 Å². The monoisotopic (exact) mass is 529 g/mol. The molecule has 38 heavy (non-hydrogen) atoms. The van der Waals surface area contributed by atoms with E-state index >= 15 is 0 Å². The van der Waals surface area contributed by atoms with E-state index < -0.39 is 29.6 Å². The van der Waals surface area contributed by atoms with Gasteiger partial charge in [0.1, 0.15) is 6.04 Å². The number of hydrogen-bond donors (Lipinski definition) is 6. The lowest BCUT2D eigenvalue weighted by Crippen LogP contribution is -2.50. The molecule has 0 aliphatic carbocycles. The summed E-state index contributed by atoms with van der Waals surface area (Å²) in [6.45, 7) is -0.177. The molecule has 3 aromatic carbocycles. The predicted octanol–water partition coefficient (Wildman–Crippen LogP) is 2.66. The van der Waals surface area contributed by atoms with Crippen molar-refractivity contribution >= 4 is 23.4 Å². The number of carbonyl (C=O) groups excluding carboxylic acids is 3. The van der Waals surface area contributed by atoms with Crippen molar-refractivity contribution in [2.24, 2.45) is 5.73 Å². The Bertz CT molecular complexity index is 1270. The fourth-order valence-corrected chi connectivity index (χ4v) is 3.49. The highest BCUT2D eigenvalue weighted by Crippen LogP contribution is 2.29. The second-order valence-corrected chi connectivity index (χ2v) is 8.24. The summed E-state index contributed by atoms with van der Waals surface area (Å²) < 4.78 is 38.4. The van der Waals surface area contributed by atoms with Gasteiger partial charge in [-0.2, -0.15) is 13.2 Å². The minimum atomic E-state index is -4.43. The molecule has 0 aliphatic rings. The highest BCUT2D eigenvalue weighted by atomic mass is 19.4. The van der Waals surface area contributed by atoms with Crippen LogP contribution in [0.25, 0.3) is 11.1 Å². The van der Waals surface area contributed by atoms with Crippen molar-refractivity contribution in [2.75, 3.05) is 18.4 Å². The third-order valence-electron chi connectivity index (χ3n) is 5.49. The maximum atomic E-state index is 12.8. The van der Waals surface area contributed by atoms with E-state index in [4.69, 9.17) is 10.9 Å². The van der Waals surface area contributed by atoms with Crippen LogP contribution in [-0.2, 0) is 22.3 Å². The number of alkyl halides is 3. The summed E-state index contributed by atoms with van der Waals surface area (Å²) in [5.41, 5.74) is 8.98. The number of nitrogens with two attached hydrogens (primary N) is 1. The molecule has 12 heteroatoms. The van der Waals surface area contributed by atoms with Gasteiger partial charge < -0.3 is 21.7 Å². The van der Waals surface area contributed by atoms with E-state index in [0.29, 0.717) is 16.8 Å². The van der Waals surface area contributed by atoms with E-state index in [1.54, 1.807) is 54.6 Å². The summed E-state index contributed by atoms with van der Waals surface area (Å²) in [6, 6.07) is 17.3. The third kappa shape index (κ3) is 7.87. The first-order valence-corrected chi connectivity index (χ1v) is 11.4. The first kappa shape index (κ1) is 28.3. The second-order valence-electron chi connectivity index (χ2n) is 8.24. The van der Waals surface area contributed by atoms with Crippen LogP contribution in [0.15, 0.2) is 72.8 Å². The standard InChI is InChI=1S/C26H26F3N5O4/c27-26(28,29)20-3-1-2-16(12-20)14-31-15-23(35)32-21-10-8-18(9-11-21)17-4-6-19(7-5-17)24(36)33-22(13-30)25(37)34-38/h1-12,22,31,38H,13-15,30H2,(H,32,35)(H,33,36)(H,34,37)/t22-/m0/s1. The number of halogens is 3. The van der Waals surface area contributed by atoms with Gasteiger partial charge in [0.15, 0.2) is 0 Å². The molecular formula is C26H26F3N5O4. The summed E-state index contributed by atoms with van der Waals surface area (Å²) in [4.78, 5) is 36.0. The van der Waals surface area contributed by atoms with Crippen molar-refractivity contribution in [1.29, 1.82) is 0 Å². The van der Waals surface area contributed by atoms with Gasteiger partial charge in [-0.05, 0) is 47.0 Å². The molecule has 1 atom stereocenters. The van der Waals surface area contributed by atoms with Crippen molar-refractivity contribution in [2.45, 2.75) is 18.8 Å². The molecule has 200 valence electrons. The summed E-state index contributed by atoms with van der Waals surface area (Å²) >= 11 is 0. The maximum absolute atomic E-state index is 12.8. The lowest BCUT2D eigenvalue weighted by Gasteiger charge is -2.14. The third-order valence-corrected chi connectivity index (χ3v) is 5.49. The topological polar surface area (TPSA) is 146 Å². The molecule has 0 unspecified atom stereocenters. The lowest BCUT2D eigenvalue weighted by molar-refractivity contribution is -0.137. The van der Waals surface area contributed by atoms with Gasteiger partial charge in [0.05, 0.1) is 12.1 Å². The molecule has 0 spiro atoms. The van der Waals surface area contributed by atoms with E-state index in [-0.39, 0.29) is 25.5 Å². The molecule has 3 aromatic rings. The fourth-order valence-electron chi connectivity index (χ4n) is 3.49. The molecule has 3 rings (SSSR count). The van der Waals surface area contributed by atoms with Gasteiger partial charge in [-0.1, -0.05) is 42.5 Å². The van der Waals surface area contributed by atoms with Gasteiger partial charge in [-0.25, -0.2) is 5.48 Å². The molecular weight excluding hydrogens is 503 g/mol. The Hall–Kier alpha value is -4.26. The molecule has 7 N–H and O–H groups in total. The molecule has 0 saturated carbocycles. The Balaban J connectivity index is 1.51. The van der Waals surface area contributed by atoms with E-state index in [2.05, 4.69) is 16.0 Å². The van der Waals surface area contributed by atoms with Crippen LogP contribution in [0.3, 0.4) is 0 Å². The highest BCUT2D eigenvalue weighted by Gasteiger charge is 2.30. The minimum Gasteiger partial charge on any atom is -0.339 e. The molecule has 0 saturated heterocycles. The van der Waals surface area contributed by atoms with Crippen LogP contribution < -0.4 is 27.2 Å². The Morgan fingerprint density at radius 1 is 0.921 bits per heavy atom. The van der Waals surface area contributed by atoms with Crippen LogP contribution in [0.1, 0.15) is 21.5 Å². The SMILES string of the molecule is NC[C@H](NC(=O)c1ccc(-c2ccc(NC(=O)CNCc3cccc(C(F)(F)F)c3)cc2)cc1)C(=O)NO. The zero-order valence-electron chi connectivity index (χ0n) is 20.0. The molecule has 3 amide bonds. The molecule has 0 aromatic heterocycles. The predicted molar refractivity (Wildman–Crippen MR) is 134 cm³/mol. The number of hydrogen-bond acceptors (Lipinski definition) is 6. The maximum Gasteiger partial charge on any atom is 0.416 e. The van der Waals surface area contributed by atoms with Crippen LogP contribution >= 0.6 is 0 Å². The Kier molecular flexibility index (Phi) is 9.55. The van der Waals surface area contributed by atoms with Crippen LogP contribution in [0.2, 0.25) is 0 Å². The summed E-state index contributed by atoms with van der Waals surface area (Å²) in [7, 11) is 0. The largest absolute Gasteiger partial charge is 0.416 e. The second kappa shape index (κ2) is 12.8. The summed E-state index contributed by atoms with van der Waals surface area (Å²) in [6.07, 6.45) is -4.43. The lowest BCUT2D eigenvalue weighted by atomic mass is 10.0. The number of anilines is 1. The zero-order chi connectivity index (χ0) is 27.7. The van der Waals surface area contributed by atoms with Crippen LogP contribution in [0.5, 0.6) is 0 Å². The molecule has 9 nitrogen and oxygen atoms in total.